The summed E-state index contributed by atoms with van der Waals surface area (Å²) in [4.78, 5) is 8.65. The molecular weight excluding hydrogens is 462 g/mol. The van der Waals surface area contributed by atoms with E-state index in [1.807, 2.05) is 0 Å². The van der Waals surface area contributed by atoms with Crippen LogP contribution in [0.3, 0.4) is 0 Å². The topological polar surface area (TPSA) is 65.2 Å². The first kappa shape index (κ1) is 27.2. The van der Waals surface area contributed by atoms with Gasteiger partial charge >= 0.3 is 12.4 Å². The van der Waals surface area contributed by atoms with Gasteiger partial charge in [-0.15, -0.1) is 0 Å². The van der Waals surface area contributed by atoms with Crippen molar-refractivity contribution in [2.24, 2.45) is 9.98 Å². The van der Waals surface area contributed by atoms with Crippen molar-refractivity contribution in [3.8, 4) is 11.5 Å². The van der Waals surface area contributed by atoms with Crippen LogP contribution in [0.5, 0.6) is 11.5 Å². The van der Waals surface area contributed by atoms with E-state index in [2.05, 4.69) is 9.98 Å². The number of hydrogen-bond donors (Lipinski definition) is 2. The first-order valence-corrected chi connectivity index (χ1v) is 10.2. The number of alkyl halides is 6. The van der Waals surface area contributed by atoms with Gasteiger partial charge in [0.2, 0.25) is 0 Å². The molecule has 0 fully saturated rings. The first-order chi connectivity index (χ1) is 15.3. The third kappa shape index (κ3) is 5.90. The fourth-order valence-electron chi connectivity index (χ4n) is 2.92. The van der Waals surface area contributed by atoms with Gasteiger partial charge in [-0.25, -0.2) is 0 Å². The molecule has 0 radical (unpaired) electrons. The summed E-state index contributed by atoms with van der Waals surface area (Å²) in [5.41, 5.74) is -4.21. The number of phenolic OH excluding ortho intramolecular Hbond substituents is 2. The summed E-state index contributed by atoms with van der Waals surface area (Å²) in [6, 6.07) is 3.22. The van der Waals surface area contributed by atoms with Crippen molar-refractivity contribution in [3.63, 3.8) is 0 Å². The van der Waals surface area contributed by atoms with Gasteiger partial charge in [-0.05, 0) is 76.9 Å². The predicted molar refractivity (Wildman–Crippen MR) is 119 cm³/mol. The van der Waals surface area contributed by atoms with E-state index in [9.17, 15) is 36.6 Å². The number of rotatable bonds is 5. The smallest absolute Gasteiger partial charge is 0.416 e. The lowest BCUT2D eigenvalue weighted by molar-refractivity contribution is -0.138. The molecule has 0 aliphatic rings. The molecule has 0 bridgehead atoms. The molecule has 186 valence electrons. The van der Waals surface area contributed by atoms with E-state index in [1.165, 1.54) is 13.8 Å². The maximum Gasteiger partial charge on any atom is 0.416 e. The molecule has 0 amide bonds. The Balaban J connectivity index is 2.43. The van der Waals surface area contributed by atoms with Crippen LogP contribution < -0.4 is 0 Å². The summed E-state index contributed by atoms with van der Waals surface area (Å²) in [6.07, 6.45) is -6.99. The van der Waals surface area contributed by atoms with Crippen molar-refractivity contribution in [2.45, 2.75) is 65.0 Å². The second kappa shape index (κ2) is 8.96. The Bertz CT molecular complexity index is 1040. The van der Waals surface area contributed by atoms with Crippen molar-refractivity contribution < 1.29 is 36.6 Å². The molecule has 0 atom stereocenters. The lowest BCUT2D eigenvalue weighted by Crippen LogP contribution is -2.42. The summed E-state index contributed by atoms with van der Waals surface area (Å²) >= 11 is 0. The van der Waals surface area contributed by atoms with Gasteiger partial charge < -0.3 is 10.2 Å². The fraction of sp³-hybridized carbons (Fsp3) is 0.417. The largest absolute Gasteiger partial charge is 0.507 e. The maximum atomic E-state index is 13.1. The van der Waals surface area contributed by atoms with Gasteiger partial charge in [-0.3, -0.25) is 9.98 Å². The van der Waals surface area contributed by atoms with Crippen LogP contribution in [0.25, 0.3) is 0 Å². The minimum atomic E-state index is -4.61. The van der Waals surface area contributed by atoms with Gasteiger partial charge in [0, 0.05) is 23.6 Å². The third-order valence-corrected chi connectivity index (χ3v) is 5.86. The van der Waals surface area contributed by atoms with Crippen LogP contribution in [0.15, 0.2) is 34.3 Å². The predicted octanol–water partition coefficient (Wildman–Crippen LogP) is 6.85. The fourth-order valence-corrected chi connectivity index (χ4v) is 2.92. The monoisotopic (exact) mass is 488 g/mol. The van der Waals surface area contributed by atoms with Crippen LogP contribution >= 0.6 is 0 Å². The summed E-state index contributed by atoms with van der Waals surface area (Å²) in [6.45, 7) is 9.21. The highest BCUT2D eigenvalue weighted by molar-refractivity contribution is 5.86. The first-order valence-electron chi connectivity index (χ1n) is 10.2. The Morgan fingerprint density at radius 1 is 0.618 bits per heavy atom. The summed E-state index contributed by atoms with van der Waals surface area (Å²) in [7, 11) is 0. The quantitative estimate of drug-likeness (QED) is 0.357. The zero-order valence-electron chi connectivity index (χ0n) is 19.5. The SMILES string of the molecule is Cc1cc(C(F)(F)F)cc(C=NC(C)(C)C(C)(C)N=Cc2cc(C(F)(F)F)cc(C)c2O)c1O. The van der Waals surface area contributed by atoms with Gasteiger partial charge in [0.15, 0.2) is 0 Å². The van der Waals surface area contributed by atoms with E-state index in [-0.39, 0.29) is 33.8 Å². The summed E-state index contributed by atoms with van der Waals surface area (Å²) in [5.74, 6) is -0.698. The average molecular weight is 488 g/mol. The second-order valence-electron chi connectivity index (χ2n) is 9.09. The highest BCUT2D eigenvalue weighted by Crippen LogP contribution is 2.36. The van der Waals surface area contributed by atoms with E-state index in [0.29, 0.717) is 0 Å². The molecular formula is C24H26F6N2O2. The molecule has 0 unspecified atom stereocenters. The number of nitrogens with zero attached hydrogens (tertiary/aromatic N) is 2. The summed E-state index contributed by atoms with van der Waals surface area (Å²) in [5, 5.41) is 20.4. The van der Waals surface area contributed by atoms with Gasteiger partial charge in [-0.2, -0.15) is 26.3 Å². The zero-order chi connectivity index (χ0) is 26.3. The number of halogens is 6. The van der Waals surface area contributed by atoms with Crippen LogP contribution in [0.1, 0.15) is 61.1 Å². The van der Waals surface area contributed by atoms with Gasteiger partial charge in [-0.1, -0.05) is 0 Å². The van der Waals surface area contributed by atoms with Crippen molar-refractivity contribution in [2.75, 3.05) is 0 Å². The maximum absolute atomic E-state index is 13.1. The molecule has 0 aromatic heterocycles. The second-order valence-corrected chi connectivity index (χ2v) is 9.09. The lowest BCUT2D eigenvalue weighted by atomic mass is 9.83. The number of phenols is 2. The van der Waals surface area contributed by atoms with Crippen LogP contribution in [-0.4, -0.2) is 33.7 Å². The van der Waals surface area contributed by atoms with E-state index in [4.69, 9.17) is 0 Å². The minimum absolute atomic E-state index is 0.0294. The number of benzene rings is 2. The molecule has 0 saturated heterocycles. The molecule has 0 aliphatic carbocycles. The Morgan fingerprint density at radius 3 is 1.18 bits per heavy atom. The number of aromatic hydroxyl groups is 2. The van der Waals surface area contributed by atoms with E-state index < -0.39 is 34.6 Å². The average Bonchev–Trinajstić information content (AvgIpc) is 2.68. The van der Waals surface area contributed by atoms with E-state index in [0.717, 1.165) is 36.7 Å². The molecule has 0 saturated carbocycles. The zero-order valence-corrected chi connectivity index (χ0v) is 19.5. The lowest BCUT2D eigenvalue weighted by Gasteiger charge is -2.35. The van der Waals surface area contributed by atoms with Crippen LogP contribution in [0.4, 0.5) is 26.3 Å². The Hall–Kier alpha value is -3.04. The van der Waals surface area contributed by atoms with Crippen LogP contribution in [0, 0.1) is 13.8 Å². The van der Waals surface area contributed by atoms with Gasteiger partial charge in [0.25, 0.3) is 0 Å². The Morgan fingerprint density at radius 2 is 0.912 bits per heavy atom. The molecule has 34 heavy (non-hydrogen) atoms. The van der Waals surface area contributed by atoms with Crippen molar-refractivity contribution >= 4 is 12.4 Å². The Labute approximate surface area is 193 Å². The summed E-state index contributed by atoms with van der Waals surface area (Å²) < 4.78 is 78.8. The Kier molecular flexibility index (Phi) is 7.17. The normalized spacial score (nSPS) is 13.9. The van der Waals surface area contributed by atoms with Gasteiger partial charge in [0.05, 0.1) is 22.2 Å². The van der Waals surface area contributed by atoms with Crippen LogP contribution in [-0.2, 0) is 12.4 Å². The molecule has 2 rings (SSSR count). The third-order valence-electron chi connectivity index (χ3n) is 5.86. The van der Waals surface area contributed by atoms with E-state index in [1.54, 1.807) is 27.7 Å². The number of hydrogen-bond acceptors (Lipinski definition) is 4. The number of aliphatic imine (C=N–C) groups is 2. The van der Waals surface area contributed by atoms with Gasteiger partial charge in [0.1, 0.15) is 11.5 Å². The molecule has 0 aliphatic heterocycles. The molecule has 10 heteroatoms. The van der Waals surface area contributed by atoms with Crippen molar-refractivity contribution in [1.82, 2.24) is 0 Å². The number of aryl methyl sites for hydroxylation is 2. The van der Waals surface area contributed by atoms with Crippen molar-refractivity contribution in [1.29, 1.82) is 0 Å². The highest BCUT2D eigenvalue weighted by atomic mass is 19.4. The molecule has 2 aromatic rings. The van der Waals surface area contributed by atoms with Crippen LogP contribution in [0.2, 0.25) is 0 Å². The standard InChI is InChI=1S/C24H26F6N2O2/c1-13-7-17(23(25,26)27)9-15(19(13)33)11-31-21(3,4)22(5,6)32-12-16-10-18(24(28,29)30)8-14(2)20(16)34/h7-12,33-34H,1-6H3. The highest BCUT2D eigenvalue weighted by Gasteiger charge is 2.37. The molecule has 0 heterocycles. The van der Waals surface area contributed by atoms with Crippen molar-refractivity contribution in [3.05, 3.63) is 57.6 Å². The van der Waals surface area contributed by atoms with E-state index >= 15 is 0 Å². The molecule has 2 N–H and O–H groups in total. The molecule has 0 spiro atoms. The minimum Gasteiger partial charge on any atom is -0.507 e. The molecule has 2 aromatic carbocycles. The molecule has 4 nitrogen and oxygen atoms in total.